The van der Waals surface area contributed by atoms with Gasteiger partial charge in [0.1, 0.15) is 0 Å². The van der Waals surface area contributed by atoms with Crippen molar-refractivity contribution in [3.63, 3.8) is 0 Å². The van der Waals surface area contributed by atoms with Gasteiger partial charge in [0, 0.05) is 21.6 Å². The van der Waals surface area contributed by atoms with E-state index in [1.54, 1.807) is 6.07 Å². The number of aromatic amines is 1. The minimum absolute atomic E-state index is 0.0446. The molecule has 0 spiro atoms. The lowest BCUT2D eigenvalue weighted by Gasteiger charge is -2.06. The van der Waals surface area contributed by atoms with Gasteiger partial charge >= 0.3 is 0 Å². The molecule has 1 N–H and O–H groups in total. The van der Waals surface area contributed by atoms with Gasteiger partial charge in [0.05, 0.1) is 5.52 Å². The third-order valence-corrected chi connectivity index (χ3v) is 4.05. The van der Waals surface area contributed by atoms with Gasteiger partial charge in [0.2, 0.25) is 0 Å². The number of aromatic nitrogens is 1. The summed E-state index contributed by atoms with van der Waals surface area (Å²) in [6, 6.07) is 15.4. The van der Waals surface area contributed by atoms with Crippen LogP contribution in [0.3, 0.4) is 0 Å². The Balaban J connectivity index is 2.31. The average Bonchev–Trinajstić information content (AvgIpc) is 2.42. The normalized spacial score (nSPS) is 10.8. The molecule has 0 amide bonds. The van der Waals surface area contributed by atoms with Crippen LogP contribution in [0.2, 0.25) is 0 Å². The number of fused-ring (bicyclic) bond motifs is 1. The molecule has 19 heavy (non-hydrogen) atoms. The van der Waals surface area contributed by atoms with Crippen LogP contribution in [0, 0.1) is 6.92 Å². The third-order valence-electron chi connectivity index (χ3n) is 3.19. The van der Waals surface area contributed by atoms with Gasteiger partial charge in [0.25, 0.3) is 0 Å². The van der Waals surface area contributed by atoms with E-state index in [1.165, 1.54) is 0 Å². The first kappa shape index (κ1) is 12.2. The highest BCUT2D eigenvalue weighted by Crippen LogP contribution is 2.23. The Morgan fingerprint density at radius 1 is 1.05 bits per heavy atom. The maximum Gasteiger partial charge on any atom is 0.190 e. The predicted octanol–water partition coefficient (Wildman–Crippen LogP) is 4.27. The van der Waals surface area contributed by atoms with E-state index in [-0.39, 0.29) is 5.43 Å². The highest BCUT2D eigenvalue weighted by molar-refractivity contribution is 9.10. The van der Waals surface area contributed by atoms with Crippen LogP contribution in [0.5, 0.6) is 0 Å². The largest absolute Gasteiger partial charge is 0.354 e. The number of hydrogen-bond donors (Lipinski definition) is 1. The predicted molar refractivity (Wildman–Crippen MR) is 82.4 cm³/mol. The quantitative estimate of drug-likeness (QED) is 0.715. The lowest BCUT2D eigenvalue weighted by Crippen LogP contribution is -2.03. The minimum Gasteiger partial charge on any atom is -0.354 e. The molecule has 0 aliphatic rings. The van der Waals surface area contributed by atoms with E-state index in [2.05, 4.69) is 20.9 Å². The van der Waals surface area contributed by atoms with Crippen LogP contribution >= 0.6 is 15.9 Å². The number of halogens is 1. The van der Waals surface area contributed by atoms with Crippen molar-refractivity contribution < 1.29 is 0 Å². The number of pyridine rings is 1. The second kappa shape index (κ2) is 4.67. The number of aryl methyl sites for hydroxylation is 1. The molecule has 0 saturated carbocycles. The third kappa shape index (κ3) is 2.22. The molecule has 0 aliphatic carbocycles. The van der Waals surface area contributed by atoms with E-state index in [0.717, 1.165) is 32.2 Å². The zero-order valence-corrected chi connectivity index (χ0v) is 12.0. The van der Waals surface area contributed by atoms with Gasteiger partial charge in [-0.05, 0) is 30.2 Å². The smallest absolute Gasteiger partial charge is 0.190 e. The molecule has 0 radical (unpaired) electrons. The van der Waals surface area contributed by atoms with Crippen molar-refractivity contribution in [3.8, 4) is 11.3 Å². The summed E-state index contributed by atoms with van der Waals surface area (Å²) in [5, 5.41) is 0.723. The van der Waals surface area contributed by atoms with Gasteiger partial charge in [-0.3, -0.25) is 4.79 Å². The van der Waals surface area contributed by atoms with Crippen LogP contribution < -0.4 is 5.43 Å². The number of rotatable bonds is 1. The van der Waals surface area contributed by atoms with Crippen molar-refractivity contribution in [2.45, 2.75) is 6.92 Å². The maximum atomic E-state index is 12.2. The molecule has 0 saturated heterocycles. The maximum absolute atomic E-state index is 12.2. The van der Waals surface area contributed by atoms with Crippen LogP contribution in [-0.4, -0.2) is 4.98 Å². The summed E-state index contributed by atoms with van der Waals surface area (Å²) in [6.07, 6.45) is 0. The van der Waals surface area contributed by atoms with Crippen molar-refractivity contribution in [3.05, 3.63) is 68.8 Å². The Morgan fingerprint density at radius 2 is 1.79 bits per heavy atom. The van der Waals surface area contributed by atoms with E-state index < -0.39 is 0 Å². The van der Waals surface area contributed by atoms with Crippen LogP contribution in [0.4, 0.5) is 0 Å². The first-order valence-electron chi connectivity index (χ1n) is 6.04. The fourth-order valence-electron chi connectivity index (χ4n) is 2.15. The molecule has 0 aliphatic heterocycles. The summed E-state index contributed by atoms with van der Waals surface area (Å²) >= 11 is 3.50. The Morgan fingerprint density at radius 3 is 2.53 bits per heavy atom. The first-order chi connectivity index (χ1) is 9.15. The summed E-state index contributed by atoms with van der Waals surface area (Å²) in [5.74, 6) is 0. The van der Waals surface area contributed by atoms with Crippen LogP contribution in [-0.2, 0) is 0 Å². The Labute approximate surface area is 119 Å². The van der Waals surface area contributed by atoms with Gasteiger partial charge in [0.15, 0.2) is 5.43 Å². The molecule has 1 aromatic heterocycles. The second-order valence-corrected chi connectivity index (χ2v) is 5.41. The van der Waals surface area contributed by atoms with Gasteiger partial charge in [-0.1, -0.05) is 46.3 Å². The Kier molecular flexibility index (Phi) is 2.99. The SMILES string of the molecule is Cc1cc2c(=O)cc(-c3ccccc3)[nH]c2cc1Br. The van der Waals surface area contributed by atoms with E-state index in [0.29, 0.717) is 0 Å². The lowest BCUT2D eigenvalue weighted by molar-refractivity contribution is 1.35. The summed E-state index contributed by atoms with van der Waals surface area (Å²) in [4.78, 5) is 15.5. The zero-order valence-electron chi connectivity index (χ0n) is 10.4. The molecular weight excluding hydrogens is 302 g/mol. The average molecular weight is 314 g/mol. The molecule has 2 aromatic carbocycles. The van der Waals surface area contributed by atoms with Gasteiger partial charge in [-0.15, -0.1) is 0 Å². The molecule has 0 fully saturated rings. The topological polar surface area (TPSA) is 32.9 Å². The molecule has 0 unspecified atom stereocenters. The summed E-state index contributed by atoms with van der Waals surface area (Å²) in [6.45, 7) is 1.98. The van der Waals surface area contributed by atoms with Crippen molar-refractivity contribution in [1.29, 1.82) is 0 Å². The fourth-order valence-corrected chi connectivity index (χ4v) is 2.50. The Bertz CT molecular complexity index is 806. The summed E-state index contributed by atoms with van der Waals surface area (Å²) < 4.78 is 1.00. The molecule has 3 aromatic rings. The lowest BCUT2D eigenvalue weighted by atomic mass is 10.1. The van der Waals surface area contributed by atoms with Gasteiger partial charge in [-0.25, -0.2) is 0 Å². The van der Waals surface area contributed by atoms with Crippen LogP contribution in [0.25, 0.3) is 22.2 Å². The second-order valence-electron chi connectivity index (χ2n) is 4.56. The summed E-state index contributed by atoms with van der Waals surface area (Å²) in [5.41, 5.74) is 3.81. The monoisotopic (exact) mass is 313 g/mol. The standard InChI is InChI=1S/C16H12BrNO/c1-10-7-12-15(8-13(10)17)18-14(9-16(12)19)11-5-3-2-4-6-11/h2-9H,1H3,(H,18,19). The molecule has 3 heteroatoms. The molecule has 0 bridgehead atoms. The molecule has 0 atom stereocenters. The minimum atomic E-state index is 0.0446. The number of H-pyrrole nitrogens is 1. The van der Waals surface area contributed by atoms with Crippen LogP contribution in [0.1, 0.15) is 5.56 Å². The number of benzene rings is 2. The van der Waals surface area contributed by atoms with Crippen molar-refractivity contribution in [2.75, 3.05) is 0 Å². The highest BCUT2D eigenvalue weighted by Gasteiger charge is 2.06. The fraction of sp³-hybridized carbons (Fsp3) is 0.0625. The molecule has 2 nitrogen and oxygen atoms in total. The van der Waals surface area contributed by atoms with E-state index >= 15 is 0 Å². The highest BCUT2D eigenvalue weighted by atomic mass is 79.9. The zero-order chi connectivity index (χ0) is 13.4. The molecular formula is C16H12BrNO. The van der Waals surface area contributed by atoms with E-state index in [9.17, 15) is 4.79 Å². The van der Waals surface area contributed by atoms with E-state index in [4.69, 9.17) is 0 Å². The number of nitrogens with one attached hydrogen (secondary N) is 1. The molecule has 1 heterocycles. The van der Waals surface area contributed by atoms with Gasteiger partial charge < -0.3 is 4.98 Å². The number of hydrogen-bond acceptors (Lipinski definition) is 1. The first-order valence-corrected chi connectivity index (χ1v) is 6.83. The summed E-state index contributed by atoms with van der Waals surface area (Å²) in [7, 11) is 0. The molecule has 94 valence electrons. The van der Waals surface area contributed by atoms with Crippen LogP contribution in [0.15, 0.2) is 57.8 Å². The van der Waals surface area contributed by atoms with E-state index in [1.807, 2.05) is 49.4 Å². The van der Waals surface area contributed by atoms with Crippen molar-refractivity contribution in [1.82, 2.24) is 4.98 Å². The van der Waals surface area contributed by atoms with Gasteiger partial charge in [-0.2, -0.15) is 0 Å². The van der Waals surface area contributed by atoms with Crippen molar-refractivity contribution >= 4 is 26.8 Å². The van der Waals surface area contributed by atoms with Crippen molar-refractivity contribution in [2.24, 2.45) is 0 Å². The Hall–Kier alpha value is -1.87. The molecule has 3 rings (SSSR count).